The van der Waals surface area contributed by atoms with Crippen LogP contribution in [0.25, 0.3) is 0 Å². The van der Waals surface area contributed by atoms with Crippen LogP contribution in [0.4, 0.5) is 4.79 Å². The third-order valence-electron chi connectivity index (χ3n) is 3.03. The molecule has 117 valence electrons. The fourth-order valence-corrected chi connectivity index (χ4v) is 1.96. The van der Waals surface area contributed by atoms with Gasteiger partial charge in [0.05, 0.1) is 12.2 Å². The summed E-state index contributed by atoms with van der Waals surface area (Å²) in [5.41, 5.74) is 0.519. The van der Waals surface area contributed by atoms with E-state index in [2.05, 4.69) is 0 Å². The molecule has 0 atom stereocenters. The summed E-state index contributed by atoms with van der Waals surface area (Å²) in [6.07, 6.45) is 1.52. The van der Waals surface area contributed by atoms with Crippen LogP contribution in [-0.4, -0.2) is 24.8 Å². The first-order valence-corrected chi connectivity index (χ1v) is 7.13. The maximum absolute atomic E-state index is 12.6. The lowest BCUT2D eigenvalue weighted by Gasteiger charge is -2.10. The molecule has 0 heterocycles. The molecule has 0 aromatic heterocycles. The Kier molecular flexibility index (Phi) is 5.63. The summed E-state index contributed by atoms with van der Waals surface area (Å²) in [5, 5.41) is 0. The van der Waals surface area contributed by atoms with Gasteiger partial charge in [-0.1, -0.05) is 43.3 Å². The largest absolute Gasteiger partial charge is 0.513 e. The van der Waals surface area contributed by atoms with E-state index < -0.39 is 11.9 Å². The van der Waals surface area contributed by atoms with Crippen LogP contribution in [0.2, 0.25) is 0 Å². The predicted molar refractivity (Wildman–Crippen MR) is 83.4 cm³/mol. The number of ketones is 1. The Balaban J connectivity index is 2.31. The molecule has 1 radical (unpaired) electrons. The zero-order chi connectivity index (χ0) is 16.7. The Labute approximate surface area is 133 Å². The monoisotopic (exact) mass is 311 g/mol. The summed E-state index contributed by atoms with van der Waals surface area (Å²) in [4.78, 5) is 35.2. The minimum absolute atomic E-state index is 0.0827. The summed E-state index contributed by atoms with van der Waals surface area (Å²) in [5.74, 6) is -0.345. The highest BCUT2D eigenvalue weighted by Crippen LogP contribution is 2.23. The lowest BCUT2D eigenvalue weighted by molar-refractivity contribution is 0.0971. The van der Waals surface area contributed by atoms with Crippen molar-refractivity contribution in [1.82, 2.24) is 0 Å². The van der Waals surface area contributed by atoms with Gasteiger partial charge >= 0.3 is 6.16 Å². The Morgan fingerprint density at radius 2 is 1.65 bits per heavy atom. The molecule has 5 heteroatoms. The fraction of sp³-hybridized carbons (Fsp3) is 0.167. The van der Waals surface area contributed by atoms with Gasteiger partial charge in [-0.3, -0.25) is 9.59 Å². The predicted octanol–water partition coefficient (Wildman–Crippen LogP) is 3.30. The number of carbonyl (C=O) groups excluding carboxylic acids is 3. The molecule has 2 aromatic carbocycles. The molecule has 2 rings (SSSR count). The zero-order valence-electron chi connectivity index (χ0n) is 12.6. The highest BCUT2D eigenvalue weighted by molar-refractivity contribution is 6.14. The van der Waals surface area contributed by atoms with Crippen LogP contribution >= 0.6 is 0 Å². The molecule has 0 saturated carbocycles. The van der Waals surface area contributed by atoms with Crippen molar-refractivity contribution in [1.29, 1.82) is 0 Å². The lowest BCUT2D eigenvalue weighted by atomic mass is 9.98. The standard InChI is InChI=1S/C18H15O5/c1-2-11-22-18(21)23-16-10-6-5-9-15(16)17(20)14-8-4-3-7-13(14)12-19/h3-10H,2,11H2,1H3. The van der Waals surface area contributed by atoms with Gasteiger partial charge in [-0.05, 0) is 18.6 Å². The molecule has 0 fully saturated rings. The van der Waals surface area contributed by atoms with E-state index in [1.165, 1.54) is 24.3 Å². The van der Waals surface area contributed by atoms with Crippen LogP contribution < -0.4 is 4.74 Å². The van der Waals surface area contributed by atoms with E-state index in [9.17, 15) is 14.4 Å². The van der Waals surface area contributed by atoms with Gasteiger partial charge in [-0.25, -0.2) is 4.79 Å². The lowest BCUT2D eigenvalue weighted by Crippen LogP contribution is -2.14. The van der Waals surface area contributed by atoms with E-state index in [-0.39, 0.29) is 29.0 Å². The Morgan fingerprint density at radius 3 is 2.35 bits per heavy atom. The van der Waals surface area contributed by atoms with Gasteiger partial charge < -0.3 is 9.47 Å². The third-order valence-corrected chi connectivity index (χ3v) is 3.03. The number of ether oxygens (including phenoxy) is 2. The molecule has 23 heavy (non-hydrogen) atoms. The molecule has 0 spiro atoms. The van der Waals surface area contributed by atoms with Crippen molar-refractivity contribution in [2.75, 3.05) is 6.61 Å². The Morgan fingerprint density at radius 1 is 1.00 bits per heavy atom. The molecule has 2 aromatic rings. The summed E-state index contributed by atoms with van der Waals surface area (Å²) in [6.45, 7) is 2.09. The van der Waals surface area contributed by atoms with Gasteiger partial charge in [-0.2, -0.15) is 0 Å². The van der Waals surface area contributed by atoms with Crippen molar-refractivity contribution in [2.45, 2.75) is 13.3 Å². The van der Waals surface area contributed by atoms with E-state index in [4.69, 9.17) is 9.47 Å². The van der Waals surface area contributed by atoms with Crippen molar-refractivity contribution >= 4 is 18.2 Å². The van der Waals surface area contributed by atoms with E-state index in [0.29, 0.717) is 6.42 Å². The average molecular weight is 311 g/mol. The third kappa shape index (κ3) is 4.03. The molecular weight excluding hydrogens is 296 g/mol. The minimum atomic E-state index is -0.873. The van der Waals surface area contributed by atoms with Gasteiger partial charge in [0.1, 0.15) is 5.75 Å². The molecule has 0 saturated heterocycles. The van der Waals surface area contributed by atoms with E-state index >= 15 is 0 Å². The maximum Gasteiger partial charge on any atom is 0.513 e. The quantitative estimate of drug-likeness (QED) is 0.465. The smallest absolute Gasteiger partial charge is 0.434 e. The van der Waals surface area contributed by atoms with E-state index in [1.807, 2.05) is 6.92 Å². The van der Waals surface area contributed by atoms with Crippen LogP contribution in [0, 0.1) is 0 Å². The number of carbonyl (C=O) groups is 2. The first-order valence-electron chi connectivity index (χ1n) is 7.13. The first kappa shape index (κ1) is 16.4. The molecule has 0 N–H and O–H groups in total. The molecule has 5 nitrogen and oxygen atoms in total. The molecule has 0 aliphatic carbocycles. The molecule has 0 aliphatic heterocycles. The van der Waals surface area contributed by atoms with Crippen LogP contribution in [-0.2, 0) is 9.53 Å². The van der Waals surface area contributed by atoms with Crippen LogP contribution in [0.5, 0.6) is 5.75 Å². The van der Waals surface area contributed by atoms with Gasteiger partial charge in [0.2, 0.25) is 6.29 Å². The van der Waals surface area contributed by atoms with Crippen molar-refractivity contribution in [2.24, 2.45) is 0 Å². The van der Waals surface area contributed by atoms with Gasteiger partial charge in [0.15, 0.2) is 5.78 Å². The highest BCUT2D eigenvalue weighted by atomic mass is 16.7. The van der Waals surface area contributed by atoms with Gasteiger partial charge in [-0.15, -0.1) is 0 Å². The normalized spacial score (nSPS) is 9.96. The molecular formula is C18H15O5. The van der Waals surface area contributed by atoms with Crippen LogP contribution in [0.15, 0.2) is 48.5 Å². The number of rotatable bonds is 6. The maximum atomic E-state index is 12.6. The molecule has 0 aliphatic rings. The molecule has 0 bridgehead atoms. The Bertz CT molecular complexity index is 721. The first-order chi connectivity index (χ1) is 11.2. The summed E-state index contributed by atoms with van der Waals surface area (Å²) >= 11 is 0. The molecule has 0 amide bonds. The second-order valence-electron chi connectivity index (χ2n) is 4.67. The Hall–Kier alpha value is -2.95. The summed E-state index contributed by atoms with van der Waals surface area (Å²) in [6, 6.07) is 12.6. The second kappa shape index (κ2) is 7.89. The topological polar surface area (TPSA) is 69.7 Å². The SMILES string of the molecule is CCCOC(=O)Oc1ccccc1C(=O)c1ccccc1[C]=O. The van der Waals surface area contributed by atoms with Gasteiger partial charge in [0, 0.05) is 11.1 Å². The van der Waals surface area contributed by atoms with E-state index in [0.717, 1.165) is 0 Å². The average Bonchev–Trinajstić information content (AvgIpc) is 2.59. The summed E-state index contributed by atoms with van der Waals surface area (Å²) < 4.78 is 9.93. The van der Waals surface area contributed by atoms with Crippen LogP contribution in [0.1, 0.15) is 34.8 Å². The van der Waals surface area contributed by atoms with Crippen molar-refractivity contribution in [3.05, 3.63) is 65.2 Å². The van der Waals surface area contributed by atoms with Crippen molar-refractivity contribution in [3.8, 4) is 5.75 Å². The van der Waals surface area contributed by atoms with E-state index in [1.54, 1.807) is 30.6 Å². The van der Waals surface area contributed by atoms with Gasteiger partial charge in [0.25, 0.3) is 0 Å². The van der Waals surface area contributed by atoms with Crippen LogP contribution in [0.3, 0.4) is 0 Å². The number of benzene rings is 2. The number of para-hydroxylation sites is 1. The zero-order valence-corrected chi connectivity index (χ0v) is 12.6. The highest BCUT2D eigenvalue weighted by Gasteiger charge is 2.19. The number of hydrogen-bond donors (Lipinski definition) is 0. The fourth-order valence-electron chi connectivity index (χ4n) is 1.96. The van der Waals surface area contributed by atoms with Crippen molar-refractivity contribution < 1.29 is 23.9 Å². The number of hydrogen-bond acceptors (Lipinski definition) is 5. The molecule has 0 unspecified atom stereocenters. The van der Waals surface area contributed by atoms with Crippen molar-refractivity contribution in [3.63, 3.8) is 0 Å². The summed E-state index contributed by atoms with van der Waals surface area (Å²) in [7, 11) is 0. The second-order valence-corrected chi connectivity index (χ2v) is 4.67. The minimum Gasteiger partial charge on any atom is -0.434 e.